The van der Waals surface area contributed by atoms with Crippen molar-refractivity contribution in [2.75, 3.05) is 0 Å². The van der Waals surface area contributed by atoms with Gasteiger partial charge in [-0.15, -0.1) is 35.9 Å². The quantitative estimate of drug-likeness (QED) is 0.245. The van der Waals surface area contributed by atoms with Gasteiger partial charge in [-0.05, 0) is 22.5 Å². The second-order valence-corrected chi connectivity index (χ2v) is 6.94. The van der Waals surface area contributed by atoms with Crippen LogP contribution in [0, 0.1) is 17.9 Å². The van der Waals surface area contributed by atoms with Crippen molar-refractivity contribution in [3.8, 4) is 11.3 Å². The SMILES string of the molecule is CC(C)C(=O)/C=C(\O)C(C)C.[Ir].[c-]1ccccc1-c1nccc2ccccc12. The van der Waals surface area contributed by atoms with E-state index in [1.807, 2.05) is 76.4 Å². The molecule has 0 atom stereocenters. The summed E-state index contributed by atoms with van der Waals surface area (Å²) in [4.78, 5) is 15.5. The maximum atomic E-state index is 11.0. The minimum absolute atomic E-state index is 0. The summed E-state index contributed by atoms with van der Waals surface area (Å²) in [5, 5.41) is 11.6. The Morgan fingerprint density at radius 2 is 1.68 bits per heavy atom. The number of hydrogen-bond acceptors (Lipinski definition) is 3. The first-order valence-electron chi connectivity index (χ1n) is 9.15. The maximum absolute atomic E-state index is 11.0. The number of aliphatic hydroxyl groups excluding tert-OH is 1. The van der Waals surface area contributed by atoms with Gasteiger partial charge < -0.3 is 10.1 Å². The van der Waals surface area contributed by atoms with E-state index in [-0.39, 0.29) is 43.5 Å². The van der Waals surface area contributed by atoms with Crippen molar-refractivity contribution in [1.82, 2.24) is 4.98 Å². The number of carbonyl (C=O) groups excluding carboxylic acids is 1. The summed E-state index contributed by atoms with van der Waals surface area (Å²) in [5.74, 6) is 0.161. The van der Waals surface area contributed by atoms with Gasteiger partial charge in [-0.3, -0.25) is 4.79 Å². The van der Waals surface area contributed by atoms with Gasteiger partial charge in [0.25, 0.3) is 0 Å². The van der Waals surface area contributed by atoms with Crippen molar-refractivity contribution >= 4 is 16.6 Å². The van der Waals surface area contributed by atoms with Crippen molar-refractivity contribution in [3.63, 3.8) is 0 Å². The van der Waals surface area contributed by atoms with E-state index < -0.39 is 0 Å². The fraction of sp³-hybridized carbons (Fsp3) is 0.250. The zero-order chi connectivity index (χ0) is 19.8. The molecular formula is C24H26IrNO2-. The van der Waals surface area contributed by atoms with Crippen LogP contribution >= 0.6 is 0 Å². The Morgan fingerprint density at radius 3 is 2.29 bits per heavy atom. The Kier molecular flexibility index (Phi) is 9.78. The minimum Gasteiger partial charge on any atom is -0.512 e. The molecule has 0 saturated heterocycles. The van der Waals surface area contributed by atoms with E-state index in [9.17, 15) is 9.90 Å². The van der Waals surface area contributed by atoms with Gasteiger partial charge in [-0.2, -0.15) is 0 Å². The molecule has 0 aliphatic heterocycles. The van der Waals surface area contributed by atoms with Gasteiger partial charge in [-0.25, -0.2) is 0 Å². The molecule has 149 valence electrons. The molecule has 4 heteroatoms. The average Bonchev–Trinajstić information content (AvgIpc) is 2.68. The number of hydrogen-bond donors (Lipinski definition) is 1. The summed E-state index contributed by atoms with van der Waals surface area (Å²) in [5.41, 5.74) is 2.04. The van der Waals surface area contributed by atoms with Gasteiger partial charge in [0.2, 0.25) is 0 Å². The molecule has 3 nitrogen and oxygen atoms in total. The van der Waals surface area contributed by atoms with Crippen LogP contribution in [0.25, 0.3) is 22.0 Å². The minimum atomic E-state index is -0.0316. The van der Waals surface area contributed by atoms with Crippen LogP contribution < -0.4 is 0 Å². The largest absolute Gasteiger partial charge is 0.512 e. The molecule has 3 aromatic rings. The standard InChI is InChI=1S/C15H10N.C9H16O2.Ir/c1-2-7-13(8-3-1)15-14-9-5-4-6-12(14)10-11-16-15;1-6(2)8(10)5-9(11)7(3)4;/h1-7,9-11H;5-7,10H,1-4H3;/q-1;;/b;8-5-;. The van der Waals surface area contributed by atoms with Crippen molar-refractivity contribution in [1.29, 1.82) is 0 Å². The Balaban J connectivity index is 0.000000292. The van der Waals surface area contributed by atoms with E-state index in [1.165, 1.54) is 16.8 Å². The van der Waals surface area contributed by atoms with Crippen LogP contribution in [-0.4, -0.2) is 15.9 Å². The molecule has 2 aromatic carbocycles. The Morgan fingerprint density at radius 1 is 1.00 bits per heavy atom. The molecule has 0 amide bonds. The van der Waals surface area contributed by atoms with Crippen molar-refractivity contribution in [3.05, 3.63) is 78.7 Å². The topological polar surface area (TPSA) is 50.2 Å². The number of nitrogens with zero attached hydrogens (tertiary/aromatic N) is 1. The van der Waals surface area contributed by atoms with E-state index in [1.54, 1.807) is 0 Å². The number of benzene rings is 2. The van der Waals surface area contributed by atoms with E-state index in [2.05, 4.69) is 23.2 Å². The molecule has 28 heavy (non-hydrogen) atoms. The summed E-state index contributed by atoms with van der Waals surface area (Å²) >= 11 is 0. The zero-order valence-corrected chi connectivity index (χ0v) is 19.0. The number of fused-ring (bicyclic) bond motifs is 1. The second kappa shape index (κ2) is 11.5. The fourth-order valence-corrected chi connectivity index (χ4v) is 2.35. The van der Waals surface area contributed by atoms with Gasteiger partial charge in [-0.1, -0.05) is 52.0 Å². The monoisotopic (exact) mass is 553 g/mol. The van der Waals surface area contributed by atoms with E-state index in [0.29, 0.717) is 0 Å². The van der Waals surface area contributed by atoms with E-state index >= 15 is 0 Å². The van der Waals surface area contributed by atoms with Gasteiger partial charge in [0, 0.05) is 44.2 Å². The third-order valence-electron chi connectivity index (χ3n) is 4.09. The molecular weight excluding hydrogens is 526 g/mol. The summed E-state index contributed by atoms with van der Waals surface area (Å²) in [7, 11) is 0. The normalized spacial score (nSPS) is 11.0. The van der Waals surface area contributed by atoms with Crippen LogP contribution in [0.2, 0.25) is 0 Å². The predicted molar refractivity (Wildman–Crippen MR) is 111 cm³/mol. The smallest absolute Gasteiger partial charge is 0.161 e. The van der Waals surface area contributed by atoms with Crippen LogP contribution in [0.1, 0.15) is 27.7 Å². The molecule has 0 aliphatic rings. The van der Waals surface area contributed by atoms with Gasteiger partial charge in [0.15, 0.2) is 5.78 Å². The maximum Gasteiger partial charge on any atom is 0.161 e. The molecule has 1 heterocycles. The van der Waals surface area contributed by atoms with Gasteiger partial charge >= 0.3 is 0 Å². The number of carbonyl (C=O) groups is 1. The molecule has 0 aliphatic carbocycles. The molecule has 3 rings (SSSR count). The fourth-order valence-electron chi connectivity index (χ4n) is 2.35. The molecule has 0 unspecified atom stereocenters. The number of pyridine rings is 1. The molecule has 0 saturated carbocycles. The van der Waals surface area contributed by atoms with Gasteiger partial charge in [0.05, 0.1) is 5.76 Å². The third kappa shape index (κ3) is 6.70. The third-order valence-corrected chi connectivity index (χ3v) is 4.09. The zero-order valence-electron chi connectivity index (χ0n) is 16.6. The molecule has 0 bridgehead atoms. The predicted octanol–water partition coefficient (Wildman–Crippen LogP) is 6.01. The van der Waals surface area contributed by atoms with E-state index in [0.717, 1.165) is 11.3 Å². The van der Waals surface area contributed by atoms with Crippen molar-refractivity contribution in [2.45, 2.75) is 27.7 Å². The molecule has 0 fully saturated rings. The summed E-state index contributed by atoms with van der Waals surface area (Å²) in [6.45, 7) is 7.32. The Hall–Kier alpha value is -2.29. The number of aliphatic hydroxyl groups is 1. The first-order valence-corrected chi connectivity index (χ1v) is 9.15. The van der Waals surface area contributed by atoms with Crippen LogP contribution in [0.4, 0.5) is 0 Å². The number of ketones is 1. The van der Waals surface area contributed by atoms with Crippen LogP contribution in [-0.2, 0) is 24.9 Å². The second-order valence-electron chi connectivity index (χ2n) is 6.94. The summed E-state index contributed by atoms with van der Waals surface area (Å²) in [6, 6.07) is 21.4. The number of allylic oxidation sites excluding steroid dienone is 2. The summed E-state index contributed by atoms with van der Waals surface area (Å²) in [6.07, 6.45) is 3.16. The first-order chi connectivity index (χ1) is 12.9. The Bertz CT molecular complexity index is 913. The number of aromatic nitrogens is 1. The molecule has 1 N–H and O–H groups in total. The summed E-state index contributed by atoms with van der Waals surface area (Å²) < 4.78 is 0. The van der Waals surface area contributed by atoms with Crippen LogP contribution in [0.15, 0.2) is 72.6 Å². The van der Waals surface area contributed by atoms with E-state index in [4.69, 9.17) is 0 Å². The Labute approximate surface area is 180 Å². The number of rotatable bonds is 4. The van der Waals surface area contributed by atoms with Crippen LogP contribution in [0.3, 0.4) is 0 Å². The average molecular weight is 553 g/mol. The first kappa shape index (κ1) is 23.7. The molecule has 1 aromatic heterocycles. The molecule has 0 spiro atoms. The van der Waals surface area contributed by atoms with Crippen LogP contribution in [0.5, 0.6) is 0 Å². The van der Waals surface area contributed by atoms with Crippen molar-refractivity contribution in [2.24, 2.45) is 11.8 Å². The van der Waals surface area contributed by atoms with Gasteiger partial charge in [0.1, 0.15) is 0 Å². The van der Waals surface area contributed by atoms with Crippen molar-refractivity contribution < 1.29 is 30.0 Å². The molecule has 1 radical (unpaired) electrons.